The first-order chi connectivity index (χ1) is 11.3. The molecule has 1 aromatic carbocycles. The van der Waals surface area contributed by atoms with Crippen molar-refractivity contribution in [1.29, 1.82) is 0 Å². The Balaban J connectivity index is 0.00000312. The molecule has 0 saturated heterocycles. The van der Waals surface area contributed by atoms with Gasteiger partial charge in [0.1, 0.15) is 5.01 Å². The number of amides is 1. The van der Waals surface area contributed by atoms with Crippen molar-refractivity contribution in [3.05, 3.63) is 40.9 Å². The number of halogens is 1. The maximum Gasteiger partial charge on any atom is 0.228 e. The van der Waals surface area contributed by atoms with E-state index in [2.05, 4.69) is 50.0 Å². The molecule has 4 nitrogen and oxygen atoms in total. The van der Waals surface area contributed by atoms with Crippen LogP contribution in [0.25, 0.3) is 10.6 Å². The first-order valence-electron chi connectivity index (χ1n) is 8.32. The van der Waals surface area contributed by atoms with Crippen LogP contribution in [0.1, 0.15) is 32.0 Å². The molecule has 0 atom stereocenters. The smallest absolute Gasteiger partial charge is 0.228 e. The van der Waals surface area contributed by atoms with E-state index in [4.69, 9.17) is 5.73 Å². The monoisotopic (exact) mass is 381 g/mol. The third-order valence-corrected chi connectivity index (χ3v) is 5.08. The highest BCUT2D eigenvalue weighted by Crippen LogP contribution is 2.24. The van der Waals surface area contributed by atoms with Crippen LogP contribution in [0.5, 0.6) is 0 Å². The minimum Gasteiger partial charge on any atom is -0.345 e. The molecule has 1 heterocycles. The van der Waals surface area contributed by atoms with Crippen LogP contribution >= 0.6 is 23.7 Å². The Morgan fingerprint density at radius 2 is 1.92 bits per heavy atom. The topological polar surface area (TPSA) is 59.2 Å². The summed E-state index contributed by atoms with van der Waals surface area (Å²) in [6.45, 7) is 7.48. The van der Waals surface area contributed by atoms with Gasteiger partial charge in [-0.05, 0) is 23.9 Å². The van der Waals surface area contributed by atoms with Gasteiger partial charge in [-0.2, -0.15) is 0 Å². The number of nitrogens with two attached hydrogens (primary N) is 1. The Hall–Kier alpha value is -1.43. The first kappa shape index (κ1) is 21.6. The van der Waals surface area contributed by atoms with Gasteiger partial charge >= 0.3 is 0 Å². The Morgan fingerprint density at radius 1 is 1.28 bits per heavy atom. The summed E-state index contributed by atoms with van der Waals surface area (Å²) in [7, 11) is 1.83. The van der Waals surface area contributed by atoms with E-state index in [0.717, 1.165) is 22.7 Å². The number of carbonyl (C=O) groups is 1. The molecule has 0 aliphatic carbocycles. The molecule has 0 saturated carbocycles. The maximum atomic E-state index is 12.4. The predicted molar refractivity (Wildman–Crippen MR) is 108 cm³/mol. The van der Waals surface area contributed by atoms with Gasteiger partial charge in [0.05, 0.1) is 12.1 Å². The lowest BCUT2D eigenvalue weighted by Crippen LogP contribution is -2.40. The molecule has 1 aromatic heterocycles. The zero-order chi connectivity index (χ0) is 17.7. The van der Waals surface area contributed by atoms with E-state index in [9.17, 15) is 4.79 Å². The zero-order valence-electron chi connectivity index (χ0n) is 15.4. The number of likely N-dealkylation sites (N-methyl/N-ethyl adjacent to an activating group) is 1. The average Bonchev–Trinajstić information content (AvgIpc) is 3.03. The van der Waals surface area contributed by atoms with E-state index in [1.54, 1.807) is 16.2 Å². The van der Waals surface area contributed by atoms with E-state index >= 15 is 0 Å². The number of nitrogens with zero attached hydrogens (tertiary/aromatic N) is 2. The van der Waals surface area contributed by atoms with Crippen LogP contribution in [0.4, 0.5) is 0 Å². The first-order valence-corrected chi connectivity index (χ1v) is 9.20. The lowest BCUT2D eigenvalue weighted by Gasteiger charge is -2.28. The Morgan fingerprint density at radius 3 is 2.48 bits per heavy atom. The van der Waals surface area contributed by atoms with Crippen molar-refractivity contribution in [1.82, 2.24) is 9.88 Å². The Labute approximate surface area is 160 Å². The van der Waals surface area contributed by atoms with Crippen LogP contribution in [0, 0.1) is 5.41 Å². The maximum absolute atomic E-state index is 12.4. The highest BCUT2D eigenvalue weighted by molar-refractivity contribution is 7.13. The highest BCUT2D eigenvalue weighted by Gasteiger charge is 2.21. The molecule has 0 aliphatic rings. The summed E-state index contributed by atoms with van der Waals surface area (Å²) >= 11 is 1.59. The Bertz CT molecular complexity index is 682. The van der Waals surface area contributed by atoms with Gasteiger partial charge in [0.2, 0.25) is 5.91 Å². The van der Waals surface area contributed by atoms with Gasteiger partial charge in [-0.25, -0.2) is 4.98 Å². The summed E-state index contributed by atoms with van der Waals surface area (Å²) in [6.07, 6.45) is 1.37. The second kappa shape index (κ2) is 9.32. The SMILES string of the molecule is CCc1ccc(-c2nc(CC(=O)N(C)CC(C)(C)CN)cs2)cc1.Cl. The fourth-order valence-corrected chi connectivity index (χ4v) is 3.31. The van der Waals surface area contributed by atoms with Gasteiger partial charge in [0, 0.05) is 24.5 Å². The number of hydrogen-bond donors (Lipinski definition) is 1. The number of rotatable bonds is 7. The van der Waals surface area contributed by atoms with Gasteiger partial charge < -0.3 is 10.6 Å². The normalized spacial score (nSPS) is 11.1. The standard InChI is InChI=1S/C19H27N3OS.ClH/c1-5-14-6-8-15(9-7-14)18-21-16(11-24-18)10-17(23)22(4)13-19(2,3)12-20;/h6-9,11H,5,10,12-13,20H2,1-4H3;1H. The van der Waals surface area contributed by atoms with Gasteiger partial charge in [0.25, 0.3) is 0 Å². The Kier molecular flexibility index (Phi) is 8.06. The quantitative estimate of drug-likeness (QED) is 0.793. The lowest BCUT2D eigenvalue weighted by molar-refractivity contribution is -0.130. The van der Waals surface area contributed by atoms with Crippen molar-refractivity contribution < 1.29 is 4.79 Å². The second-order valence-electron chi connectivity index (χ2n) is 6.99. The van der Waals surface area contributed by atoms with E-state index in [1.807, 2.05) is 12.4 Å². The molecule has 2 rings (SSSR count). The largest absolute Gasteiger partial charge is 0.345 e. The molecule has 2 aromatic rings. The molecule has 0 fully saturated rings. The fraction of sp³-hybridized carbons (Fsp3) is 0.474. The van der Waals surface area contributed by atoms with Crippen molar-refractivity contribution in [3.63, 3.8) is 0 Å². The van der Waals surface area contributed by atoms with Crippen LogP contribution in [-0.2, 0) is 17.6 Å². The van der Waals surface area contributed by atoms with Crippen LogP contribution in [0.15, 0.2) is 29.6 Å². The molecular weight excluding hydrogens is 354 g/mol. The summed E-state index contributed by atoms with van der Waals surface area (Å²) in [5.74, 6) is 0.0784. The number of thiazole rings is 1. The molecule has 1 amide bonds. The van der Waals surface area contributed by atoms with Crippen molar-refractivity contribution in [2.75, 3.05) is 20.1 Å². The second-order valence-corrected chi connectivity index (χ2v) is 7.85. The molecule has 25 heavy (non-hydrogen) atoms. The van der Waals surface area contributed by atoms with Crippen LogP contribution in [0.2, 0.25) is 0 Å². The summed E-state index contributed by atoms with van der Waals surface area (Å²) < 4.78 is 0. The molecule has 6 heteroatoms. The van der Waals surface area contributed by atoms with Crippen molar-refractivity contribution in [3.8, 4) is 10.6 Å². The number of hydrogen-bond acceptors (Lipinski definition) is 4. The molecule has 138 valence electrons. The van der Waals surface area contributed by atoms with E-state index in [-0.39, 0.29) is 23.7 Å². The molecule has 0 aliphatic heterocycles. The van der Waals surface area contributed by atoms with Gasteiger partial charge in [0.15, 0.2) is 0 Å². The molecule has 2 N–H and O–H groups in total. The van der Waals surface area contributed by atoms with E-state index in [0.29, 0.717) is 19.5 Å². The lowest BCUT2D eigenvalue weighted by atomic mass is 9.93. The molecular formula is C19H28ClN3OS. The zero-order valence-corrected chi connectivity index (χ0v) is 17.0. The minimum absolute atomic E-state index is 0. The van der Waals surface area contributed by atoms with Crippen molar-refractivity contribution >= 4 is 29.7 Å². The van der Waals surface area contributed by atoms with Crippen LogP contribution in [0.3, 0.4) is 0 Å². The van der Waals surface area contributed by atoms with Gasteiger partial charge in [-0.3, -0.25) is 4.79 Å². The molecule has 0 unspecified atom stereocenters. The summed E-state index contributed by atoms with van der Waals surface area (Å²) in [5.41, 5.74) is 8.93. The van der Waals surface area contributed by atoms with E-state index < -0.39 is 0 Å². The predicted octanol–water partition coefficient (Wildman–Crippen LogP) is 3.78. The molecule has 0 spiro atoms. The van der Waals surface area contributed by atoms with Crippen molar-refractivity contribution in [2.45, 2.75) is 33.6 Å². The number of aryl methyl sites for hydroxylation is 1. The highest BCUT2D eigenvalue weighted by atomic mass is 35.5. The number of benzene rings is 1. The average molecular weight is 382 g/mol. The third kappa shape index (κ3) is 6.10. The fourth-order valence-electron chi connectivity index (χ4n) is 2.49. The van der Waals surface area contributed by atoms with Crippen molar-refractivity contribution in [2.24, 2.45) is 11.1 Å². The van der Waals surface area contributed by atoms with Gasteiger partial charge in [-0.1, -0.05) is 45.0 Å². The van der Waals surface area contributed by atoms with Gasteiger partial charge in [-0.15, -0.1) is 23.7 Å². The number of carbonyl (C=O) groups excluding carboxylic acids is 1. The summed E-state index contributed by atoms with van der Waals surface area (Å²) in [4.78, 5) is 18.8. The van der Waals surface area contributed by atoms with Crippen LogP contribution < -0.4 is 5.73 Å². The molecule has 0 radical (unpaired) electrons. The number of aromatic nitrogens is 1. The summed E-state index contributed by atoms with van der Waals surface area (Å²) in [5, 5.41) is 2.94. The third-order valence-electron chi connectivity index (χ3n) is 4.14. The van der Waals surface area contributed by atoms with E-state index in [1.165, 1.54) is 5.56 Å². The molecule has 0 bridgehead atoms. The van der Waals surface area contributed by atoms with Crippen LogP contribution in [-0.4, -0.2) is 35.9 Å². The summed E-state index contributed by atoms with van der Waals surface area (Å²) in [6, 6.07) is 8.45. The minimum atomic E-state index is -0.0708.